The zero-order valence-electron chi connectivity index (χ0n) is 7.96. The first-order chi connectivity index (χ1) is 7.79. The first kappa shape index (κ1) is 10.9. The second kappa shape index (κ2) is 4.92. The Labute approximate surface area is 101 Å². The standard InChI is InChI=1S/C10H5ClN4S/c11-8-1-2-9(13-6-8)16-10-7(5-12)3-4-14-15-10/h1-4,6H. The van der Waals surface area contributed by atoms with Crippen LogP contribution in [0.3, 0.4) is 0 Å². The molecule has 0 radical (unpaired) electrons. The number of hydrogen-bond acceptors (Lipinski definition) is 5. The third kappa shape index (κ3) is 2.48. The van der Waals surface area contributed by atoms with Gasteiger partial charge >= 0.3 is 0 Å². The molecule has 2 heterocycles. The Hall–Kier alpha value is -1.64. The first-order valence-electron chi connectivity index (χ1n) is 4.31. The maximum atomic E-state index is 8.87. The molecule has 0 aromatic carbocycles. The maximum Gasteiger partial charge on any atom is 0.143 e. The van der Waals surface area contributed by atoms with Gasteiger partial charge in [-0.25, -0.2) is 4.98 Å². The van der Waals surface area contributed by atoms with Crippen LogP contribution in [0.15, 0.2) is 40.6 Å². The van der Waals surface area contributed by atoms with Gasteiger partial charge in [-0.05, 0) is 30.0 Å². The normalized spacial score (nSPS) is 9.75. The minimum absolute atomic E-state index is 0.483. The van der Waals surface area contributed by atoms with Gasteiger partial charge in [0, 0.05) is 6.20 Å². The number of pyridine rings is 1. The summed E-state index contributed by atoms with van der Waals surface area (Å²) < 4.78 is 0. The van der Waals surface area contributed by atoms with Crippen LogP contribution < -0.4 is 0 Å². The highest BCUT2D eigenvalue weighted by Gasteiger charge is 2.06. The highest BCUT2D eigenvalue weighted by molar-refractivity contribution is 7.99. The number of rotatable bonds is 2. The Balaban J connectivity index is 2.27. The molecule has 2 aromatic rings. The Morgan fingerprint density at radius 1 is 1.31 bits per heavy atom. The molecule has 0 saturated heterocycles. The van der Waals surface area contributed by atoms with Crippen molar-refractivity contribution in [3.8, 4) is 6.07 Å². The van der Waals surface area contributed by atoms with Gasteiger partial charge in [-0.2, -0.15) is 10.4 Å². The molecule has 0 aliphatic heterocycles. The molecule has 2 aromatic heterocycles. The fourth-order valence-corrected chi connectivity index (χ4v) is 1.86. The van der Waals surface area contributed by atoms with Gasteiger partial charge in [0.1, 0.15) is 16.1 Å². The topological polar surface area (TPSA) is 62.5 Å². The summed E-state index contributed by atoms with van der Waals surface area (Å²) in [6.07, 6.45) is 3.03. The van der Waals surface area contributed by atoms with Gasteiger partial charge in [-0.1, -0.05) is 11.6 Å². The predicted octanol–water partition coefficient (Wildman–Crippen LogP) is 2.55. The number of nitrogens with zero attached hydrogens (tertiary/aromatic N) is 4. The fraction of sp³-hybridized carbons (Fsp3) is 0. The molecule has 0 bridgehead atoms. The van der Waals surface area contributed by atoms with Gasteiger partial charge in [0.2, 0.25) is 0 Å². The quantitative estimate of drug-likeness (QED) is 0.817. The van der Waals surface area contributed by atoms with E-state index in [-0.39, 0.29) is 0 Å². The summed E-state index contributed by atoms with van der Waals surface area (Å²) in [7, 11) is 0. The number of nitriles is 1. The smallest absolute Gasteiger partial charge is 0.143 e. The van der Waals surface area contributed by atoms with Crippen molar-refractivity contribution in [1.82, 2.24) is 15.2 Å². The van der Waals surface area contributed by atoms with Crippen molar-refractivity contribution in [2.24, 2.45) is 0 Å². The Morgan fingerprint density at radius 3 is 2.88 bits per heavy atom. The molecular weight excluding hydrogens is 244 g/mol. The summed E-state index contributed by atoms with van der Waals surface area (Å²) in [5.74, 6) is 0. The van der Waals surface area contributed by atoms with Gasteiger partial charge in [-0.3, -0.25) is 0 Å². The van der Waals surface area contributed by atoms with Crippen LogP contribution in [0.2, 0.25) is 5.02 Å². The molecule has 6 heteroatoms. The SMILES string of the molecule is N#Cc1ccnnc1Sc1ccc(Cl)cn1. The average Bonchev–Trinajstić information content (AvgIpc) is 2.33. The van der Waals surface area contributed by atoms with Crippen LogP contribution in [0.25, 0.3) is 0 Å². The van der Waals surface area contributed by atoms with Crippen LogP contribution in [-0.4, -0.2) is 15.2 Å². The predicted molar refractivity (Wildman–Crippen MR) is 60.1 cm³/mol. The van der Waals surface area contributed by atoms with Crippen LogP contribution in [0.1, 0.15) is 5.56 Å². The summed E-state index contributed by atoms with van der Waals surface area (Å²) in [6.45, 7) is 0. The molecule has 0 spiro atoms. The van der Waals surface area contributed by atoms with Gasteiger partial charge in [-0.15, -0.1) is 5.10 Å². The number of aromatic nitrogens is 3. The lowest BCUT2D eigenvalue weighted by molar-refractivity contribution is 0.917. The van der Waals surface area contributed by atoms with Gasteiger partial charge in [0.25, 0.3) is 0 Å². The van der Waals surface area contributed by atoms with Crippen LogP contribution in [0, 0.1) is 11.3 Å². The number of hydrogen-bond donors (Lipinski definition) is 0. The molecule has 78 valence electrons. The molecule has 16 heavy (non-hydrogen) atoms. The first-order valence-corrected chi connectivity index (χ1v) is 5.50. The summed E-state index contributed by atoms with van der Waals surface area (Å²) >= 11 is 7.00. The van der Waals surface area contributed by atoms with E-state index in [2.05, 4.69) is 21.3 Å². The minimum atomic E-state index is 0.483. The lowest BCUT2D eigenvalue weighted by atomic mass is 10.3. The molecule has 0 aliphatic rings. The zero-order chi connectivity index (χ0) is 11.4. The van der Waals surface area contributed by atoms with E-state index in [1.54, 1.807) is 24.4 Å². The fourth-order valence-electron chi connectivity index (χ4n) is 1.00. The van der Waals surface area contributed by atoms with Crippen LogP contribution in [0.5, 0.6) is 0 Å². The van der Waals surface area contributed by atoms with E-state index in [0.29, 0.717) is 15.6 Å². The summed E-state index contributed by atoms with van der Waals surface area (Å²) in [5, 5.41) is 18.3. The molecular formula is C10H5ClN4S. The molecule has 4 nitrogen and oxygen atoms in total. The van der Waals surface area contributed by atoms with Crippen molar-refractivity contribution >= 4 is 23.4 Å². The lowest BCUT2D eigenvalue weighted by Crippen LogP contribution is -1.89. The van der Waals surface area contributed by atoms with Gasteiger partial charge < -0.3 is 0 Å². The maximum absolute atomic E-state index is 8.87. The molecule has 0 unspecified atom stereocenters. The van der Waals surface area contributed by atoms with Crippen molar-refractivity contribution < 1.29 is 0 Å². The van der Waals surface area contributed by atoms with Crippen LogP contribution >= 0.6 is 23.4 Å². The van der Waals surface area contributed by atoms with E-state index < -0.39 is 0 Å². The second-order valence-corrected chi connectivity index (χ2v) is 4.22. The highest BCUT2D eigenvalue weighted by Crippen LogP contribution is 2.26. The molecule has 0 N–H and O–H groups in total. The highest BCUT2D eigenvalue weighted by atomic mass is 35.5. The second-order valence-electron chi connectivity index (χ2n) is 2.78. The van der Waals surface area contributed by atoms with E-state index in [0.717, 1.165) is 5.03 Å². The Bertz CT molecular complexity index is 535. The third-order valence-corrected chi connectivity index (χ3v) is 2.88. The van der Waals surface area contributed by atoms with E-state index in [1.165, 1.54) is 18.0 Å². The third-order valence-electron chi connectivity index (χ3n) is 1.71. The molecule has 0 amide bonds. The van der Waals surface area contributed by atoms with Crippen molar-refractivity contribution in [3.05, 3.63) is 41.2 Å². The Kier molecular flexibility index (Phi) is 3.34. The Morgan fingerprint density at radius 2 is 2.19 bits per heavy atom. The summed E-state index contributed by atoms with van der Waals surface area (Å²) in [5.41, 5.74) is 0.483. The van der Waals surface area contributed by atoms with Gasteiger partial charge in [0.15, 0.2) is 0 Å². The van der Waals surface area contributed by atoms with Crippen molar-refractivity contribution in [1.29, 1.82) is 5.26 Å². The van der Waals surface area contributed by atoms with E-state index in [1.807, 2.05) is 0 Å². The van der Waals surface area contributed by atoms with Crippen molar-refractivity contribution in [2.45, 2.75) is 10.1 Å². The van der Waals surface area contributed by atoms with E-state index >= 15 is 0 Å². The molecule has 2 rings (SSSR count). The zero-order valence-corrected chi connectivity index (χ0v) is 9.53. The largest absolute Gasteiger partial charge is 0.248 e. The monoisotopic (exact) mass is 248 g/mol. The van der Waals surface area contributed by atoms with Gasteiger partial charge in [0.05, 0.1) is 16.8 Å². The lowest BCUT2D eigenvalue weighted by Gasteiger charge is -2.00. The minimum Gasteiger partial charge on any atom is -0.248 e. The summed E-state index contributed by atoms with van der Waals surface area (Å²) in [4.78, 5) is 4.10. The van der Waals surface area contributed by atoms with Crippen LogP contribution in [-0.2, 0) is 0 Å². The van der Waals surface area contributed by atoms with Crippen LogP contribution in [0.4, 0.5) is 0 Å². The molecule has 0 fully saturated rings. The molecule has 0 saturated carbocycles. The van der Waals surface area contributed by atoms with Crippen molar-refractivity contribution in [3.63, 3.8) is 0 Å². The molecule has 0 aliphatic carbocycles. The van der Waals surface area contributed by atoms with E-state index in [9.17, 15) is 0 Å². The molecule has 0 atom stereocenters. The summed E-state index contributed by atoms with van der Waals surface area (Å²) in [6, 6.07) is 7.17. The average molecular weight is 249 g/mol. The van der Waals surface area contributed by atoms with E-state index in [4.69, 9.17) is 16.9 Å². The number of halogens is 1. The van der Waals surface area contributed by atoms with Crippen molar-refractivity contribution in [2.75, 3.05) is 0 Å².